The SMILES string of the molecule is Cc1ncsc1C(=O)N[C@@H]1c2ccccc2C[C@@H]1O. The number of hydrogen-bond acceptors (Lipinski definition) is 4. The van der Waals surface area contributed by atoms with Crippen LogP contribution in [0.3, 0.4) is 0 Å². The maximum Gasteiger partial charge on any atom is 0.263 e. The first kappa shape index (κ1) is 12.3. The highest BCUT2D eigenvalue weighted by Gasteiger charge is 2.32. The summed E-state index contributed by atoms with van der Waals surface area (Å²) < 4.78 is 0. The van der Waals surface area contributed by atoms with Crippen LogP contribution < -0.4 is 5.32 Å². The number of rotatable bonds is 2. The third kappa shape index (κ3) is 2.15. The lowest BCUT2D eigenvalue weighted by Crippen LogP contribution is -2.33. The average Bonchev–Trinajstić information content (AvgIpc) is 2.94. The van der Waals surface area contributed by atoms with E-state index >= 15 is 0 Å². The highest BCUT2D eigenvalue weighted by Crippen LogP contribution is 2.31. The van der Waals surface area contributed by atoms with Gasteiger partial charge < -0.3 is 10.4 Å². The van der Waals surface area contributed by atoms with Crippen LogP contribution in [0.4, 0.5) is 0 Å². The van der Waals surface area contributed by atoms with Crippen LogP contribution in [-0.2, 0) is 6.42 Å². The third-order valence-corrected chi connectivity index (χ3v) is 4.37. The van der Waals surface area contributed by atoms with Crippen LogP contribution in [0, 0.1) is 6.92 Å². The summed E-state index contributed by atoms with van der Waals surface area (Å²) in [6.45, 7) is 1.81. The molecule has 0 radical (unpaired) electrons. The molecule has 3 rings (SSSR count). The maximum absolute atomic E-state index is 12.2. The molecule has 19 heavy (non-hydrogen) atoms. The smallest absolute Gasteiger partial charge is 0.263 e. The number of carbonyl (C=O) groups excluding carboxylic acids is 1. The van der Waals surface area contributed by atoms with E-state index in [9.17, 15) is 9.90 Å². The minimum atomic E-state index is -0.561. The van der Waals surface area contributed by atoms with Crippen molar-refractivity contribution in [1.29, 1.82) is 0 Å². The minimum absolute atomic E-state index is 0.166. The van der Waals surface area contributed by atoms with Gasteiger partial charge in [-0.05, 0) is 18.1 Å². The van der Waals surface area contributed by atoms with Gasteiger partial charge in [0.05, 0.1) is 23.4 Å². The summed E-state index contributed by atoms with van der Waals surface area (Å²) in [7, 11) is 0. The van der Waals surface area contributed by atoms with Crippen LogP contribution in [0.5, 0.6) is 0 Å². The molecule has 0 saturated carbocycles. The molecule has 2 atom stereocenters. The van der Waals surface area contributed by atoms with Crippen molar-refractivity contribution in [1.82, 2.24) is 10.3 Å². The fourth-order valence-corrected chi connectivity index (χ4v) is 3.18. The molecule has 0 unspecified atom stereocenters. The van der Waals surface area contributed by atoms with E-state index in [1.54, 1.807) is 5.51 Å². The van der Waals surface area contributed by atoms with E-state index in [-0.39, 0.29) is 11.9 Å². The Hall–Kier alpha value is -1.72. The fraction of sp³-hybridized carbons (Fsp3) is 0.286. The molecule has 0 bridgehead atoms. The van der Waals surface area contributed by atoms with Gasteiger partial charge in [0.2, 0.25) is 0 Å². The normalized spacial score (nSPS) is 21.2. The predicted octanol–water partition coefficient (Wildman–Crippen LogP) is 1.84. The van der Waals surface area contributed by atoms with Gasteiger partial charge in [0.25, 0.3) is 5.91 Å². The molecule has 5 heteroatoms. The zero-order valence-corrected chi connectivity index (χ0v) is 11.3. The van der Waals surface area contributed by atoms with Gasteiger partial charge in [-0.2, -0.15) is 0 Å². The zero-order chi connectivity index (χ0) is 13.4. The van der Waals surface area contributed by atoms with Gasteiger partial charge >= 0.3 is 0 Å². The number of benzene rings is 1. The van der Waals surface area contributed by atoms with Crippen molar-refractivity contribution < 1.29 is 9.90 Å². The number of aliphatic hydroxyl groups is 1. The number of amides is 1. The molecule has 2 N–H and O–H groups in total. The molecule has 1 aromatic carbocycles. The van der Waals surface area contributed by atoms with E-state index in [1.165, 1.54) is 11.3 Å². The lowest BCUT2D eigenvalue weighted by Gasteiger charge is -2.17. The van der Waals surface area contributed by atoms with Gasteiger partial charge in [0.1, 0.15) is 4.88 Å². The van der Waals surface area contributed by atoms with Crippen LogP contribution >= 0.6 is 11.3 Å². The van der Waals surface area contributed by atoms with Gasteiger partial charge in [-0.25, -0.2) is 4.98 Å². The first-order valence-electron chi connectivity index (χ1n) is 6.13. The molecule has 1 amide bonds. The molecule has 2 aromatic rings. The summed E-state index contributed by atoms with van der Waals surface area (Å²) in [6.07, 6.45) is 0.0255. The molecule has 4 nitrogen and oxygen atoms in total. The van der Waals surface area contributed by atoms with Crippen LogP contribution in [0.15, 0.2) is 29.8 Å². The van der Waals surface area contributed by atoms with Crippen LogP contribution in [0.2, 0.25) is 0 Å². The quantitative estimate of drug-likeness (QED) is 0.878. The van der Waals surface area contributed by atoms with E-state index in [0.29, 0.717) is 11.3 Å². The lowest BCUT2D eigenvalue weighted by molar-refractivity contribution is 0.0861. The molecule has 98 valence electrons. The molecule has 0 spiro atoms. The van der Waals surface area contributed by atoms with Crippen LogP contribution in [-0.4, -0.2) is 22.1 Å². The number of nitrogens with one attached hydrogen (secondary N) is 1. The predicted molar refractivity (Wildman–Crippen MR) is 73.2 cm³/mol. The molecule has 1 aromatic heterocycles. The van der Waals surface area contributed by atoms with Gasteiger partial charge in [-0.3, -0.25) is 4.79 Å². The number of fused-ring (bicyclic) bond motifs is 1. The largest absolute Gasteiger partial charge is 0.390 e. The Kier molecular flexibility index (Phi) is 3.08. The van der Waals surface area contributed by atoms with Crippen LogP contribution in [0.1, 0.15) is 32.5 Å². The molecule has 1 heterocycles. The summed E-state index contributed by atoms with van der Waals surface area (Å²) in [5.41, 5.74) is 4.48. The number of carbonyl (C=O) groups is 1. The van der Waals surface area contributed by atoms with E-state index in [2.05, 4.69) is 10.3 Å². The standard InChI is InChI=1S/C14H14N2O2S/c1-8-13(19-7-15-8)14(18)16-12-10-5-3-2-4-9(10)6-11(12)17/h2-5,7,11-12,17H,6H2,1H3,(H,16,18)/t11-,12+/m0/s1. The van der Waals surface area contributed by atoms with E-state index in [0.717, 1.165) is 16.8 Å². The number of thiazole rings is 1. The Morgan fingerprint density at radius 1 is 1.47 bits per heavy atom. The minimum Gasteiger partial charge on any atom is -0.390 e. The van der Waals surface area contributed by atoms with Gasteiger partial charge in [0, 0.05) is 6.42 Å². The molecular formula is C14H14N2O2S. The molecule has 1 aliphatic rings. The number of aromatic nitrogens is 1. The Morgan fingerprint density at radius 2 is 2.26 bits per heavy atom. The van der Waals surface area contributed by atoms with Crippen molar-refractivity contribution in [2.45, 2.75) is 25.5 Å². The Morgan fingerprint density at radius 3 is 3.00 bits per heavy atom. The second-order valence-electron chi connectivity index (χ2n) is 4.69. The Balaban J connectivity index is 1.84. The summed E-state index contributed by atoms with van der Waals surface area (Å²) in [6, 6.07) is 7.49. The molecule has 0 fully saturated rings. The Bertz CT molecular complexity index is 623. The van der Waals surface area contributed by atoms with Gasteiger partial charge in [-0.15, -0.1) is 11.3 Å². The number of aliphatic hydroxyl groups excluding tert-OH is 1. The van der Waals surface area contributed by atoms with Gasteiger partial charge in [0.15, 0.2) is 0 Å². The average molecular weight is 274 g/mol. The first-order valence-corrected chi connectivity index (χ1v) is 7.01. The second kappa shape index (κ2) is 4.75. The van der Waals surface area contributed by atoms with Crippen molar-refractivity contribution in [3.63, 3.8) is 0 Å². The van der Waals surface area contributed by atoms with Crippen molar-refractivity contribution in [3.8, 4) is 0 Å². The molecule has 1 aliphatic carbocycles. The van der Waals surface area contributed by atoms with E-state index in [4.69, 9.17) is 0 Å². The number of aryl methyl sites for hydroxylation is 1. The monoisotopic (exact) mass is 274 g/mol. The van der Waals surface area contributed by atoms with Gasteiger partial charge in [-0.1, -0.05) is 24.3 Å². The summed E-state index contributed by atoms with van der Waals surface area (Å²) >= 11 is 1.32. The first-order chi connectivity index (χ1) is 9.16. The second-order valence-corrected chi connectivity index (χ2v) is 5.54. The molecule has 0 saturated heterocycles. The maximum atomic E-state index is 12.2. The molecular weight excluding hydrogens is 260 g/mol. The molecule has 0 aliphatic heterocycles. The van der Waals surface area contributed by atoms with Crippen molar-refractivity contribution in [2.24, 2.45) is 0 Å². The van der Waals surface area contributed by atoms with Crippen molar-refractivity contribution in [2.75, 3.05) is 0 Å². The Labute approximate surface area is 115 Å². The third-order valence-electron chi connectivity index (χ3n) is 3.44. The van der Waals surface area contributed by atoms with Crippen LogP contribution in [0.25, 0.3) is 0 Å². The summed E-state index contributed by atoms with van der Waals surface area (Å²) in [5.74, 6) is -0.166. The zero-order valence-electron chi connectivity index (χ0n) is 10.5. The van der Waals surface area contributed by atoms with Crippen molar-refractivity contribution >= 4 is 17.2 Å². The number of nitrogens with zero attached hydrogens (tertiary/aromatic N) is 1. The number of hydrogen-bond donors (Lipinski definition) is 2. The topological polar surface area (TPSA) is 62.2 Å². The van der Waals surface area contributed by atoms with E-state index in [1.807, 2.05) is 31.2 Å². The highest BCUT2D eigenvalue weighted by atomic mass is 32.1. The highest BCUT2D eigenvalue weighted by molar-refractivity contribution is 7.11. The summed E-state index contributed by atoms with van der Waals surface area (Å²) in [5, 5.41) is 13.0. The summed E-state index contributed by atoms with van der Waals surface area (Å²) in [4.78, 5) is 16.9. The fourth-order valence-electron chi connectivity index (χ4n) is 2.47. The van der Waals surface area contributed by atoms with E-state index < -0.39 is 6.10 Å². The lowest BCUT2D eigenvalue weighted by atomic mass is 10.1. The van der Waals surface area contributed by atoms with Crippen molar-refractivity contribution in [3.05, 3.63) is 51.5 Å².